The van der Waals surface area contributed by atoms with Gasteiger partial charge in [-0.05, 0) is 42.2 Å². The number of hydrogen-bond acceptors (Lipinski definition) is 3. The highest BCUT2D eigenvalue weighted by molar-refractivity contribution is 5.86. The highest BCUT2D eigenvalue weighted by Crippen LogP contribution is 2.44. The molecule has 3 aromatic carbocycles. The van der Waals surface area contributed by atoms with E-state index < -0.39 is 34.8 Å². The van der Waals surface area contributed by atoms with E-state index in [1.807, 2.05) is 48.5 Å². The van der Waals surface area contributed by atoms with Gasteiger partial charge < -0.3 is 9.84 Å². The number of carboxylic acids is 1. The summed E-state index contributed by atoms with van der Waals surface area (Å²) in [6, 6.07) is 18.9. The number of carboxylic acid groups (broad SMARTS) is 1. The Morgan fingerprint density at radius 2 is 1.55 bits per heavy atom. The molecule has 1 amide bonds. The number of ether oxygens (including phenoxy) is 1. The number of likely N-dealkylation sites (N-methyl/N-ethyl adjacent to an activating group) is 1. The van der Waals surface area contributed by atoms with Crippen LogP contribution < -0.4 is 0 Å². The smallest absolute Gasteiger partial charge is 0.411 e. The fourth-order valence-corrected chi connectivity index (χ4v) is 4.56. The third-order valence-electron chi connectivity index (χ3n) is 6.31. The molecule has 0 aliphatic heterocycles. The maximum atomic E-state index is 14.6. The lowest BCUT2D eigenvalue weighted by atomic mass is 9.89. The topological polar surface area (TPSA) is 66.8 Å². The summed E-state index contributed by atoms with van der Waals surface area (Å²) in [5.41, 5.74) is 1.50. The van der Waals surface area contributed by atoms with Crippen molar-refractivity contribution in [1.29, 1.82) is 0 Å². The summed E-state index contributed by atoms with van der Waals surface area (Å²) in [6.45, 7) is 2.61. The number of carbonyl (C=O) groups excluding carboxylic acids is 1. The van der Waals surface area contributed by atoms with E-state index in [1.165, 1.54) is 6.07 Å². The van der Waals surface area contributed by atoms with Gasteiger partial charge >= 0.3 is 12.1 Å². The molecule has 0 aromatic heterocycles. The Kier molecular flexibility index (Phi) is 5.89. The van der Waals surface area contributed by atoms with Crippen LogP contribution >= 0.6 is 0 Å². The molecule has 5 nitrogen and oxygen atoms in total. The number of rotatable bonds is 6. The molecule has 0 heterocycles. The van der Waals surface area contributed by atoms with Gasteiger partial charge in [0, 0.05) is 18.0 Å². The van der Waals surface area contributed by atoms with Gasteiger partial charge in [-0.1, -0.05) is 60.7 Å². The van der Waals surface area contributed by atoms with Crippen molar-refractivity contribution in [2.24, 2.45) is 0 Å². The van der Waals surface area contributed by atoms with Gasteiger partial charge in [0.15, 0.2) is 17.2 Å². The third kappa shape index (κ3) is 3.63. The summed E-state index contributed by atoms with van der Waals surface area (Å²) in [6.07, 6.45) is -0.923. The zero-order valence-electron chi connectivity index (χ0n) is 18.2. The van der Waals surface area contributed by atoms with E-state index in [1.54, 1.807) is 6.92 Å². The van der Waals surface area contributed by atoms with Gasteiger partial charge in [-0.3, -0.25) is 4.90 Å². The van der Waals surface area contributed by atoms with Crippen molar-refractivity contribution in [2.75, 3.05) is 13.2 Å². The molecule has 0 saturated carbocycles. The van der Waals surface area contributed by atoms with Crippen LogP contribution in [0.2, 0.25) is 0 Å². The quantitative estimate of drug-likeness (QED) is 0.535. The van der Waals surface area contributed by atoms with Crippen LogP contribution in [0.25, 0.3) is 11.1 Å². The predicted octanol–water partition coefficient (Wildman–Crippen LogP) is 5.54. The van der Waals surface area contributed by atoms with E-state index in [0.717, 1.165) is 46.2 Å². The van der Waals surface area contributed by atoms with Crippen LogP contribution in [0.4, 0.5) is 13.6 Å². The van der Waals surface area contributed by atoms with E-state index in [4.69, 9.17) is 4.74 Å². The van der Waals surface area contributed by atoms with Crippen LogP contribution in [0.3, 0.4) is 0 Å². The standard InChI is InChI=1S/C26H23F2NO4/c1-3-29(26(2,24(30)31)21-13-8-14-22(27)23(21)28)25(32)33-15-20-18-11-6-4-9-16(18)17-10-5-7-12-19(17)20/h4-14,20H,3,15H2,1-2H3,(H,30,31). The molecular weight excluding hydrogens is 428 g/mol. The molecule has 0 radical (unpaired) electrons. The Morgan fingerprint density at radius 1 is 0.970 bits per heavy atom. The molecule has 1 aliphatic carbocycles. The van der Waals surface area contributed by atoms with Crippen LogP contribution in [0.15, 0.2) is 66.7 Å². The normalized spacial score (nSPS) is 14.2. The lowest BCUT2D eigenvalue weighted by molar-refractivity contribution is -0.150. The van der Waals surface area contributed by atoms with E-state index in [2.05, 4.69) is 0 Å². The molecule has 4 rings (SSSR count). The van der Waals surface area contributed by atoms with Crippen LogP contribution in [-0.4, -0.2) is 35.2 Å². The first-order chi connectivity index (χ1) is 15.8. The van der Waals surface area contributed by atoms with Gasteiger partial charge in [-0.25, -0.2) is 18.4 Å². The zero-order chi connectivity index (χ0) is 23.8. The molecule has 0 spiro atoms. The first kappa shape index (κ1) is 22.5. The van der Waals surface area contributed by atoms with Crippen molar-refractivity contribution in [3.05, 3.63) is 95.1 Å². The van der Waals surface area contributed by atoms with Crippen molar-refractivity contribution in [1.82, 2.24) is 4.90 Å². The molecule has 1 unspecified atom stereocenters. The Bertz CT molecular complexity index is 1180. The average Bonchev–Trinajstić information content (AvgIpc) is 3.13. The molecule has 0 saturated heterocycles. The minimum atomic E-state index is -2.16. The largest absolute Gasteiger partial charge is 0.479 e. The van der Waals surface area contributed by atoms with Crippen molar-refractivity contribution in [3.8, 4) is 11.1 Å². The molecule has 1 atom stereocenters. The van der Waals surface area contributed by atoms with E-state index in [0.29, 0.717) is 0 Å². The first-order valence-electron chi connectivity index (χ1n) is 10.6. The molecule has 33 heavy (non-hydrogen) atoms. The summed E-state index contributed by atoms with van der Waals surface area (Å²) in [4.78, 5) is 26.2. The molecule has 1 N–H and O–H groups in total. The SMILES string of the molecule is CCN(C(=O)OCC1c2ccccc2-c2ccccc21)C(C)(C(=O)O)c1cccc(F)c1F. The van der Waals surface area contributed by atoms with Gasteiger partial charge in [0.05, 0.1) is 0 Å². The van der Waals surface area contributed by atoms with Crippen molar-refractivity contribution < 1.29 is 28.2 Å². The van der Waals surface area contributed by atoms with Crippen LogP contribution in [0.5, 0.6) is 0 Å². The Labute approximate surface area is 190 Å². The number of hydrogen-bond donors (Lipinski definition) is 1. The van der Waals surface area contributed by atoms with Crippen LogP contribution in [0, 0.1) is 11.6 Å². The van der Waals surface area contributed by atoms with Crippen molar-refractivity contribution in [2.45, 2.75) is 25.3 Å². The van der Waals surface area contributed by atoms with Crippen LogP contribution in [-0.2, 0) is 15.1 Å². The summed E-state index contributed by atoms with van der Waals surface area (Å²) < 4.78 is 34.0. The number of amides is 1. The van der Waals surface area contributed by atoms with Gasteiger partial charge in [-0.2, -0.15) is 0 Å². The molecule has 170 valence electrons. The maximum Gasteiger partial charge on any atom is 0.411 e. The predicted molar refractivity (Wildman–Crippen MR) is 119 cm³/mol. The number of nitrogens with zero attached hydrogens (tertiary/aromatic N) is 1. The lowest BCUT2D eigenvalue weighted by Crippen LogP contribution is -2.53. The Hall–Kier alpha value is -3.74. The van der Waals surface area contributed by atoms with Gasteiger partial charge in [-0.15, -0.1) is 0 Å². The molecule has 1 aliphatic rings. The number of benzene rings is 3. The van der Waals surface area contributed by atoms with E-state index >= 15 is 0 Å². The monoisotopic (exact) mass is 451 g/mol. The van der Waals surface area contributed by atoms with Crippen LogP contribution in [0.1, 0.15) is 36.5 Å². The molecule has 3 aromatic rings. The summed E-state index contributed by atoms with van der Waals surface area (Å²) in [5, 5.41) is 9.95. The molecule has 0 fully saturated rings. The highest BCUT2D eigenvalue weighted by atomic mass is 19.2. The summed E-state index contributed by atoms with van der Waals surface area (Å²) in [5.74, 6) is -4.22. The number of carbonyl (C=O) groups is 2. The second kappa shape index (κ2) is 8.65. The van der Waals surface area contributed by atoms with Gasteiger partial charge in [0.2, 0.25) is 0 Å². The average molecular weight is 451 g/mol. The van der Waals surface area contributed by atoms with Crippen molar-refractivity contribution >= 4 is 12.1 Å². The highest BCUT2D eigenvalue weighted by Gasteiger charge is 2.46. The fraction of sp³-hybridized carbons (Fsp3) is 0.231. The van der Waals surface area contributed by atoms with E-state index in [-0.39, 0.29) is 19.1 Å². The molecule has 0 bridgehead atoms. The number of aliphatic carboxylic acids is 1. The van der Waals surface area contributed by atoms with E-state index in [9.17, 15) is 23.5 Å². The number of halogens is 2. The number of fused-ring (bicyclic) bond motifs is 3. The molecule has 7 heteroatoms. The minimum absolute atomic E-state index is 0.0231. The Balaban J connectivity index is 1.63. The van der Waals surface area contributed by atoms with Gasteiger partial charge in [0.1, 0.15) is 6.61 Å². The first-order valence-corrected chi connectivity index (χ1v) is 10.6. The fourth-order valence-electron chi connectivity index (χ4n) is 4.56. The maximum absolute atomic E-state index is 14.6. The second-order valence-corrected chi connectivity index (χ2v) is 8.03. The van der Waals surface area contributed by atoms with Crippen molar-refractivity contribution in [3.63, 3.8) is 0 Å². The summed E-state index contributed by atoms with van der Waals surface area (Å²) in [7, 11) is 0. The lowest BCUT2D eigenvalue weighted by Gasteiger charge is -2.37. The zero-order valence-corrected chi connectivity index (χ0v) is 18.2. The summed E-state index contributed by atoms with van der Waals surface area (Å²) >= 11 is 0. The second-order valence-electron chi connectivity index (χ2n) is 8.03. The third-order valence-corrected chi connectivity index (χ3v) is 6.31. The molecular formula is C26H23F2NO4. The van der Waals surface area contributed by atoms with Gasteiger partial charge in [0.25, 0.3) is 0 Å². The Morgan fingerprint density at radius 3 is 2.09 bits per heavy atom. The minimum Gasteiger partial charge on any atom is -0.479 e.